The first kappa shape index (κ1) is 12.5. The lowest BCUT2D eigenvalue weighted by Gasteiger charge is -2.15. The van der Waals surface area contributed by atoms with Crippen LogP contribution in [0.4, 0.5) is 10.1 Å². The highest BCUT2D eigenvalue weighted by Crippen LogP contribution is 2.22. The number of rotatable bonds is 3. The van der Waals surface area contributed by atoms with Crippen molar-refractivity contribution < 1.29 is 8.81 Å². The predicted octanol–water partition coefficient (Wildman–Crippen LogP) is 3.43. The van der Waals surface area contributed by atoms with Gasteiger partial charge in [0.15, 0.2) is 5.58 Å². The van der Waals surface area contributed by atoms with Crippen LogP contribution in [0.15, 0.2) is 51.7 Å². The minimum Gasteiger partial charge on any atom is -0.408 e. The third-order valence-electron chi connectivity index (χ3n) is 3.15. The second kappa shape index (κ2) is 4.85. The first-order valence-electron chi connectivity index (χ1n) is 6.27. The van der Waals surface area contributed by atoms with Gasteiger partial charge < -0.3 is 9.73 Å². The Morgan fingerprint density at radius 1 is 1.25 bits per heavy atom. The van der Waals surface area contributed by atoms with Crippen LogP contribution in [0.1, 0.15) is 18.5 Å². The molecule has 0 saturated heterocycles. The van der Waals surface area contributed by atoms with Crippen LogP contribution in [0.5, 0.6) is 0 Å². The number of hydrogen-bond donors (Lipinski definition) is 2. The van der Waals surface area contributed by atoms with Gasteiger partial charge in [-0.15, -0.1) is 0 Å². The molecule has 0 saturated carbocycles. The molecule has 3 aromatic rings. The zero-order valence-electron chi connectivity index (χ0n) is 10.8. The second-order valence-electron chi connectivity index (χ2n) is 4.65. The lowest BCUT2D eigenvalue weighted by Crippen LogP contribution is -2.06. The van der Waals surface area contributed by atoms with Crippen LogP contribution < -0.4 is 11.1 Å². The van der Waals surface area contributed by atoms with Crippen LogP contribution in [0.25, 0.3) is 11.1 Å². The van der Waals surface area contributed by atoms with Crippen molar-refractivity contribution in [2.45, 2.75) is 13.0 Å². The first-order chi connectivity index (χ1) is 9.61. The van der Waals surface area contributed by atoms with Gasteiger partial charge in [-0.05, 0) is 42.8 Å². The molecule has 0 amide bonds. The number of nitrogens with one attached hydrogen (secondary N) is 2. The maximum Gasteiger partial charge on any atom is 0.417 e. The van der Waals surface area contributed by atoms with Gasteiger partial charge >= 0.3 is 5.76 Å². The number of oxazole rings is 1. The van der Waals surface area contributed by atoms with Gasteiger partial charge in [0.05, 0.1) is 5.52 Å². The van der Waals surface area contributed by atoms with E-state index >= 15 is 0 Å². The van der Waals surface area contributed by atoms with Crippen molar-refractivity contribution >= 4 is 16.8 Å². The van der Waals surface area contributed by atoms with Gasteiger partial charge in [0.25, 0.3) is 0 Å². The monoisotopic (exact) mass is 272 g/mol. The van der Waals surface area contributed by atoms with Crippen molar-refractivity contribution in [3.8, 4) is 0 Å². The molecule has 102 valence electrons. The highest BCUT2D eigenvalue weighted by atomic mass is 19.1. The van der Waals surface area contributed by atoms with E-state index in [1.165, 1.54) is 12.1 Å². The summed E-state index contributed by atoms with van der Waals surface area (Å²) in [5.74, 6) is -0.735. The number of benzene rings is 2. The quantitative estimate of drug-likeness (QED) is 0.768. The summed E-state index contributed by atoms with van der Waals surface area (Å²) in [7, 11) is 0. The number of anilines is 1. The van der Waals surface area contributed by atoms with Crippen LogP contribution in [0, 0.1) is 5.82 Å². The van der Waals surface area contributed by atoms with E-state index in [2.05, 4.69) is 10.3 Å². The molecule has 1 atom stereocenters. The Balaban J connectivity index is 1.86. The minimum atomic E-state index is -0.477. The molecule has 0 radical (unpaired) electrons. The molecule has 2 aromatic carbocycles. The van der Waals surface area contributed by atoms with Crippen LogP contribution in [0.2, 0.25) is 0 Å². The molecule has 1 unspecified atom stereocenters. The smallest absolute Gasteiger partial charge is 0.408 e. The van der Waals surface area contributed by atoms with E-state index in [0.717, 1.165) is 11.3 Å². The van der Waals surface area contributed by atoms with E-state index in [4.69, 9.17) is 4.42 Å². The SMILES string of the molecule is CC(Nc1ccc2oc(=O)[nH]c2c1)c1cccc(F)c1. The first-order valence-corrected chi connectivity index (χ1v) is 6.27. The summed E-state index contributed by atoms with van der Waals surface area (Å²) < 4.78 is 18.1. The summed E-state index contributed by atoms with van der Waals surface area (Å²) >= 11 is 0. The number of fused-ring (bicyclic) bond motifs is 1. The van der Waals surface area contributed by atoms with Gasteiger partial charge in [0, 0.05) is 11.7 Å². The van der Waals surface area contributed by atoms with Gasteiger partial charge in [-0.1, -0.05) is 12.1 Å². The summed E-state index contributed by atoms with van der Waals surface area (Å²) in [6.07, 6.45) is 0. The fraction of sp³-hybridized carbons (Fsp3) is 0.133. The molecule has 0 aliphatic carbocycles. The Bertz CT molecular complexity index is 807. The molecule has 20 heavy (non-hydrogen) atoms. The lowest BCUT2D eigenvalue weighted by molar-refractivity contribution is 0.555. The summed E-state index contributed by atoms with van der Waals surface area (Å²) in [4.78, 5) is 13.7. The summed E-state index contributed by atoms with van der Waals surface area (Å²) in [5, 5.41) is 3.26. The van der Waals surface area contributed by atoms with E-state index in [0.29, 0.717) is 11.1 Å². The summed E-state index contributed by atoms with van der Waals surface area (Å²) in [6.45, 7) is 1.94. The van der Waals surface area contributed by atoms with E-state index in [1.807, 2.05) is 19.1 Å². The largest absolute Gasteiger partial charge is 0.417 e. The third kappa shape index (κ3) is 2.42. The molecule has 2 N–H and O–H groups in total. The zero-order valence-corrected chi connectivity index (χ0v) is 10.8. The van der Waals surface area contributed by atoms with Crippen LogP contribution >= 0.6 is 0 Å². The van der Waals surface area contributed by atoms with E-state index in [9.17, 15) is 9.18 Å². The van der Waals surface area contributed by atoms with E-state index in [1.54, 1.807) is 18.2 Å². The molecular formula is C15H13FN2O2. The molecule has 5 heteroatoms. The Morgan fingerprint density at radius 2 is 2.10 bits per heavy atom. The van der Waals surface area contributed by atoms with Gasteiger partial charge in [-0.25, -0.2) is 9.18 Å². The van der Waals surface area contributed by atoms with Crippen LogP contribution in [0.3, 0.4) is 0 Å². The molecule has 0 aliphatic rings. The zero-order chi connectivity index (χ0) is 14.1. The molecule has 0 fully saturated rings. The second-order valence-corrected chi connectivity index (χ2v) is 4.65. The number of halogens is 1. The lowest BCUT2D eigenvalue weighted by atomic mass is 10.1. The van der Waals surface area contributed by atoms with Crippen molar-refractivity contribution in [1.82, 2.24) is 4.98 Å². The highest BCUT2D eigenvalue weighted by Gasteiger charge is 2.08. The Morgan fingerprint density at radius 3 is 2.90 bits per heavy atom. The minimum absolute atomic E-state index is 0.0539. The maximum absolute atomic E-state index is 13.2. The highest BCUT2D eigenvalue weighted by molar-refractivity contribution is 5.76. The molecule has 0 aliphatic heterocycles. The molecule has 3 rings (SSSR count). The average molecular weight is 272 g/mol. The maximum atomic E-state index is 13.2. The predicted molar refractivity (Wildman–Crippen MR) is 75.3 cm³/mol. The summed E-state index contributed by atoms with van der Waals surface area (Å²) in [6, 6.07) is 11.7. The normalized spacial score (nSPS) is 12.5. The van der Waals surface area contributed by atoms with Crippen molar-refractivity contribution in [3.05, 3.63) is 64.4 Å². The fourth-order valence-corrected chi connectivity index (χ4v) is 2.15. The van der Waals surface area contributed by atoms with E-state index in [-0.39, 0.29) is 11.9 Å². The standard InChI is InChI=1S/C15H13FN2O2/c1-9(10-3-2-4-11(16)7-10)17-12-5-6-14-13(8-12)18-15(19)20-14/h2-9,17H,1H3,(H,18,19). The van der Waals surface area contributed by atoms with Crippen LogP contribution in [-0.2, 0) is 0 Å². The van der Waals surface area contributed by atoms with Crippen molar-refractivity contribution in [3.63, 3.8) is 0 Å². The third-order valence-corrected chi connectivity index (χ3v) is 3.15. The number of H-pyrrole nitrogens is 1. The van der Waals surface area contributed by atoms with Crippen molar-refractivity contribution in [2.24, 2.45) is 0 Å². The summed E-state index contributed by atoms with van der Waals surface area (Å²) in [5.41, 5.74) is 2.82. The van der Waals surface area contributed by atoms with Crippen molar-refractivity contribution in [1.29, 1.82) is 0 Å². The van der Waals surface area contributed by atoms with Crippen LogP contribution in [-0.4, -0.2) is 4.98 Å². The molecular weight excluding hydrogens is 259 g/mol. The van der Waals surface area contributed by atoms with Gasteiger partial charge in [0.1, 0.15) is 5.82 Å². The fourth-order valence-electron chi connectivity index (χ4n) is 2.15. The molecule has 4 nitrogen and oxygen atoms in total. The Labute approximate surface area is 114 Å². The molecule has 0 spiro atoms. The van der Waals surface area contributed by atoms with Crippen molar-refractivity contribution in [2.75, 3.05) is 5.32 Å². The molecule has 0 bridgehead atoms. The molecule has 1 heterocycles. The number of aromatic nitrogens is 1. The molecule has 1 aromatic heterocycles. The average Bonchev–Trinajstić information content (AvgIpc) is 2.78. The Kier molecular flexibility index (Phi) is 3.02. The van der Waals surface area contributed by atoms with Gasteiger partial charge in [-0.2, -0.15) is 0 Å². The topological polar surface area (TPSA) is 58.0 Å². The number of hydrogen-bond acceptors (Lipinski definition) is 3. The Hall–Kier alpha value is -2.56. The van der Waals surface area contributed by atoms with E-state index < -0.39 is 5.76 Å². The number of aromatic amines is 1. The van der Waals surface area contributed by atoms with Gasteiger partial charge in [0.2, 0.25) is 0 Å². The van der Waals surface area contributed by atoms with Gasteiger partial charge in [-0.3, -0.25) is 4.98 Å².